The number of rotatable bonds is 2. The fourth-order valence-electron chi connectivity index (χ4n) is 0.822. The number of ether oxygens (including phenoxy) is 1. The van der Waals surface area contributed by atoms with Crippen LogP contribution in [0, 0.1) is 0 Å². The van der Waals surface area contributed by atoms with Gasteiger partial charge in [0, 0.05) is 0 Å². The van der Waals surface area contributed by atoms with Gasteiger partial charge >= 0.3 is 6.36 Å². The van der Waals surface area contributed by atoms with Crippen molar-refractivity contribution in [3.05, 3.63) is 29.8 Å². The lowest BCUT2D eigenvalue weighted by Crippen LogP contribution is -2.16. The summed E-state index contributed by atoms with van der Waals surface area (Å²) < 4.78 is 38.7. The molecule has 1 aromatic carbocycles. The summed E-state index contributed by atoms with van der Waals surface area (Å²) >= 11 is 0. The van der Waals surface area contributed by atoms with Gasteiger partial charge in [-0.1, -0.05) is 19.0 Å². The molecule has 0 amide bonds. The molecule has 1 rings (SSSR count). The minimum atomic E-state index is -4.69. The van der Waals surface area contributed by atoms with E-state index in [-0.39, 0.29) is 5.75 Å². The van der Waals surface area contributed by atoms with E-state index >= 15 is 0 Å². The molecule has 0 bridgehead atoms. The summed E-state index contributed by atoms with van der Waals surface area (Å²) in [6.45, 7) is 4.00. The topological polar surface area (TPSA) is 41.8 Å². The number of oxime groups is 1. The van der Waals surface area contributed by atoms with Crippen molar-refractivity contribution in [1.29, 1.82) is 0 Å². The molecule has 0 fully saturated rings. The van der Waals surface area contributed by atoms with E-state index in [1.807, 2.05) is 13.8 Å². The maximum absolute atomic E-state index is 11.7. The largest absolute Gasteiger partial charge is 0.573 e. The number of hydrogen-bond donors (Lipinski definition) is 1. The third-order valence-electron chi connectivity index (χ3n) is 1.32. The molecule has 0 heterocycles. The van der Waals surface area contributed by atoms with E-state index in [2.05, 4.69) is 9.89 Å². The van der Waals surface area contributed by atoms with E-state index in [1.54, 1.807) is 0 Å². The van der Waals surface area contributed by atoms with Crippen molar-refractivity contribution in [2.75, 3.05) is 0 Å². The zero-order valence-electron chi connectivity index (χ0n) is 8.82. The fraction of sp³-hybridized carbons (Fsp3) is 0.300. The lowest BCUT2D eigenvalue weighted by atomic mass is 10.2. The Balaban J connectivity index is 0.00000106. The van der Waals surface area contributed by atoms with Gasteiger partial charge in [-0.2, -0.15) is 0 Å². The second-order valence-corrected chi connectivity index (χ2v) is 2.36. The lowest BCUT2D eigenvalue weighted by Gasteiger charge is -2.08. The molecule has 0 saturated heterocycles. The molecule has 0 aromatic heterocycles. The van der Waals surface area contributed by atoms with Crippen LogP contribution in [0.2, 0.25) is 0 Å². The predicted molar refractivity (Wildman–Crippen MR) is 53.9 cm³/mol. The van der Waals surface area contributed by atoms with Crippen LogP contribution in [-0.2, 0) is 0 Å². The van der Waals surface area contributed by atoms with E-state index in [0.29, 0.717) is 5.56 Å². The van der Waals surface area contributed by atoms with Crippen molar-refractivity contribution in [1.82, 2.24) is 0 Å². The maximum atomic E-state index is 11.7. The van der Waals surface area contributed by atoms with E-state index in [0.717, 1.165) is 18.3 Å². The SMILES string of the molecule is CC.O/N=C/c1ccc(OC(F)(F)F)cc1. The van der Waals surface area contributed by atoms with Crippen LogP contribution >= 0.6 is 0 Å². The van der Waals surface area contributed by atoms with Crippen LogP contribution in [0.15, 0.2) is 29.4 Å². The minimum Gasteiger partial charge on any atom is -0.411 e. The van der Waals surface area contributed by atoms with Gasteiger partial charge in [-0.05, 0) is 29.8 Å². The van der Waals surface area contributed by atoms with Crippen LogP contribution in [0.4, 0.5) is 13.2 Å². The molecule has 0 aliphatic heterocycles. The third-order valence-corrected chi connectivity index (χ3v) is 1.32. The summed E-state index contributed by atoms with van der Waals surface area (Å²) in [5.41, 5.74) is 0.474. The highest BCUT2D eigenvalue weighted by Gasteiger charge is 2.30. The first-order chi connectivity index (χ1) is 7.51. The molecule has 6 heteroatoms. The summed E-state index contributed by atoms with van der Waals surface area (Å²) in [6.07, 6.45) is -3.59. The number of halogens is 3. The number of alkyl halides is 3. The molecule has 0 aliphatic carbocycles. The standard InChI is InChI=1S/C8H6F3NO2.C2H6/c9-8(10,11)14-7-3-1-6(2-4-7)5-12-13;1-2/h1-5,13H;1-2H3/b12-5+;. The van der Waals surface area contributed by atoms with E-state index in [9.17, 15) is 13.2 Å². The quantitative estimate of drug-likeness (QED) is 0.484. The van der Waals surface area contributed by atoms with Crippen LogP contribution in [-0.4, -0.2) is 17.8 Å². The van der Waals surface area contributed by atoms with Gasteiger partial charge in [0.25, 0.3) is 0 Å². The first-order valence-electron chi connectivity index (χ1n) is 4.54. The van der Waals surface area contributed by atoms with Gasteiger partial charge in [-0.25, -0.2) is 0 Å². The highest BCUT2D eigenvalue weighted by molar-refractivity contribution is 5.79. The molecule has 0 unspecified atom stereocenters. The van der Waals surface area contributed by atoms with Gasteiger partial charge in [0.15, 0.2) is 0 Å². The zero-order chi connectivity index (χ0) is 12.6. The smallest absolute Gasteiger partial charge is 0.411 e. The van der Waals surface area contributed by atoms with Crippen LogP contribution in [0.1, 0.15) is 19.4 Å². The fourth-order valence-corrected chi connectivity index (χ4v) is 0.822. The summed E-state index contributed by atoms with van der Waals surface area (Å²) in [6, 6.07) is 4.93. The molecule has 1 aromatic rings. The predicted octanol–water partition coefficient (Wildman–Crippen LogP) is 3.42. The van der Waals surface area contributed by atoms with Crippen molar-refractivity contribution >= 4 is 6.21 Å². The Morgan fingerprint density at radius 1 is 1.19 bits per heavy atom. The second kappa shape index (κ2) is 6.71. The molecule has 0 spiro atoms. The molecule has 0 radical (unpaired) electrons. The van der Waals surface area contributed by atoms with Crippen molar-refractivity contribution in [3.8, 4) is 5.75 Å². The lowest BCUT2D eigenvalue weighted by molar-refractivity contribution is -0.274. The monoisotopic (exact) mass is 235 g/mol. The molecule has 90 valence electrons. The Bertz CT molecular complexity index is 320. The number of nitrogens with zero attached hydrogens (tertiary/aromatic N) is 1. The van der Waals surface area contributed by atoms with Gasteiger partial charge < -0.3 is 9.94 Å². The molecule has 0 aliphatic rings. The molecule has 0 atom stereocenters. The molecule has 1 N–H and O–H groups in total. The Hall–Kier alpha value is -1.72. The van der Waals surface area contributed by atoms with Crippen LogP contribution < -0.4 is 4.74 Å². The van der Waals surface area contributed by atoms with Gasteiger partial charge in [-0.15, -0.1) is 13.2 Å². The number of benzene rings is 1. The molecule has 0 saturated carbocycles. The third kappa shape index (κ3) is 5.90. The summed E-state index contributed by atoms with van der Waals surface area (Å²) in [7, 11) is 0. The summed E-state index contributed by atoms with van der Waals surface area (Å²) in [5, 5.41) is 10.9. The van der Waals surface area contributed by atoms with Gasteiger partial charge in [0.2, 0.25) is 0 Å². The normalized spacial score (nSPS) is 10.8. The summed E-state index contributed by atoms with van der Waals surface area (Å²) in [5.74, 6) is -0.312. The van der Waals surface area contributed by atoms with Gasteiger partial charge in [0.05, 0.1) is 6.21 Å². The average Bonchev–Trinajstić information content (AvgIpc) is 2.22. The average molecular weight is 235 g/mol. The van der Waals surface area contributed by atoms with E-state index in [4.69, 9.17) is 5.21 Å². The molecular formula is C10H12F3NO2. The van der Waals surface area contributed by atoms with E-state index in [1.165, 1.54) is 12.1 Å². The maximum Gasteiger partial charge on any atom is 0.573 e. The van der Waals surface area contributed by atoms with Gasteiger partial charge in [0.1, 0.15) is 5.75 Å². The zero-order valence-corrected chi connectivity index (χ0v) is 8.82. The molecular weight excluding hydrogens is 223 g/mol. The molecule has 3 nitrogen and oxygen atoms in total. The Labute approximate surface area is 91.2 Å². The minimum absolute atomic E-state index is 0.312. The highest BCUT2D eigenvalue weighted by atomic mass is 19.4. The van der Waals surface area contributed by atoms with Crippen molar-refractivity contribution < 1.29 is 23.1 Å². The van der Waals surface area contributed by atoms with Crippen molar-refractivity contribution in [3.63, 3.8) is 0 Å². The van der Waals surface area contributed by atoms with Crippen molar-refractivity contribution in [2.45, 2.75) is 20.2 Å². The van der Waals surface area contributed by atoms with Gasteiger partial charge in [-0.3, -0.25) is 0 Å². The number of hydrogen-bond acceptors (Lipinski definition) is 3. The Morgan fingerprint density at radius 2 is 1.69 bits per heavy atom. The molecule has 16 heavy (non-hydrogen) atoms. The first-order valence-corrected chi connectivity index (χ1v) is 4.54. The van der Waals surface area contributed by atoms with Crippen LogP contribution in [0.3, 0.4) is 0 Å². The first kappa shape index (κ1) is 14.3. The summed E-state index contributed by atoms with van der Waals surface area (Å²) in [4.78, 5) is 0. The van der Waals surface area contributed by atoms with Crippen LogP contribution in [0.25, 0.3) is 0 Å². The van der Waals surface area contributed by atoms with E-state index < -0.39 is 6.36 Å². The Kier molecular flexibility index (Phi) is 5.99. The second-order valence-electron chi connectivity index (χ2n) is 2.36. The van der Waals surface area contributed by atoms with Crippen molar-refractivity contribution in [2.24, 2.45) is 5.16 Å². The highest BCUT2D eigenvalue weighted by Crippen LogP contribution is 2.22. The Morgan fingerprint density at radius 3 is 2.06 bits per heavy atom. The van der Waals surface area contributed by atoms with Crippen LogP contribution in [0.5, 0.6) is 5.75 Å².